The Balaban J connectivity index is 1.91. The van der Waals surface area contributed by atoms with Crippen molar-refractivity contribution in [3.05, 3.63) is 11.6 Å². The fourth-order valence-electron chi connectivity index (χ4n) is 7.46. The quantitative estimate of drug-likeness (QED) is 0.492. The van der Waals surface area contributed by atoms with E-state index < -0.39 is 0 Å². The molecule has 22 heavy (non-hydrogen) atoms. The molecule has 0 nitrogen and oxygen atoms in total. The highest BCUT2D eigenvalue weighted by Crippen LogP contribution is 2.66. The maximum Gasteiger partial charge on any atom is -0.00853 e. The van der Waals surface area contributed by atoms with E-state index >= 15 is 0 Å². The van der Waals surface area contributed by atoms with E-state index in [1.807, 2.05) is 0 Å². The lowest BCUT2D eigenvalue weighted by Gasteiger charge is -2.58. The SMILES string of the molecule is C/C=C1\CCC2C3CCC(CC)C(C)(CCC)C3CCC12C. The normalized spacial score (nSPS) is 50.0. The third kappa shape index (κ3) is 2.23. The molecule has 6 unspecified atom stereocenters. The molecular formula is C22H38. The Labute approximate surface area is 139 Å². The van der Waals surface area contributed by atoms with Crippen LogP contribution in [0.2, 0.25) is 0 Å². The highest BCUT2D eigenvalue weighted by Gasteiger charge is 2.57. The van der Waals surface area contributed by atoms with Crippen LogP contribution >= 0.6 is 0 Å². The van der Waals surface area contributed by atoms with E-state index in [0.717, 1.165) is 23.7 Å². The predicted octanol–water partition coefficient (Wildman–Crippen LogP) is 7.00. The van der Waals surface area contributed by atoms with Gasteiger partial charge in [-0.25, -0.2) is 0 Å². The van der Waals surface area contributed by atoms with Gasteiger partial charge in [-0.3, -0.25) is 0 Å². The van der Waals surface area contributed by atoms with Crippen LogP contribution in [0.5, 0.6) is 0 Å². The lowest BCUT2D eigenvalue weighted by atomic mass is 9.46. The second-order valence-corrected chi connectivity index (χ2v) is 9.12. The first kappa shape index (κ1) is 16.6. The van der Waals surface area contributed by atoms with Gasteiger partial charge in [0.1, 0.15) is 0 Å². The lowest BCUT2D eigenvalue weighted by Crippen LogP contribution is -2.51. The van der Waals surface area contributed by atoms with Gasteiger partial charge in [-0.15, -0.1) is 0 Å². The van der Waals surface area contributed by atoms with Crippen molar-refractivity contribution >= 4 is 0 Å². The maximum atomic E-state index is 2.68. The number of hydrogen-bond donors (Lipinski definition) is 0. The Morgan fingerprint density at radius 1 is 1.05 bits per heavy atom. The molecule has 0 bridgehead atoms. The monoisotopic (exact) mass is 302 g/mol. The maximum absolute atomic E-state index is 2.68. The zero-order chi connectivity index (χ0) is 16.0. The molecule has 0 aromatic carbocycles. The molecule has 6 atom stereocenters. The zero-order valence-electron chi connectivity index (χ0n) is 15.8. The van der Waals surface area contributed by atoms with Gasteiger partial charge in [0.15, 0.2) is 0 Å². The molecule has 0 spiro atoms. The molecule has 0 saturated heterocycles. The number of hydrogen-bond acceptors (Lipinski definition) is 0. The minimum Gasteiger partial charge on any atom is -0.0879 e. The largest absolute Gasteiger partial charge is 0.0879 e. The molecule has 126 valence electrons. The second-order valence-electron chi connectivity index (χ2n) is 9.12. The van der Waals surface area contributed by atoms with Crippen LogP contribution < -0.4 is 0 Å². The van der Waals surface area contributed by atoms with Crippen LogP contribution in [0.15, 0.2) is 11.6 Å². The first-order valence-corrected chi connectivity index (χ1v) is 10.2. The van der Waals surface area contributed by atoms with Gasteiger partial charge < -0.3 is 0 Å². The van der Waals surface area contributed by atoms with Crippen LogP contribution in [0.1, 0.15) is 92.4 Å². The molecule has 0 radical (unpaired) electrons. The number of fused-ring (bicyclic) bond motifs is 3. The fraction of sp³-hybridized carbons (Fsp3) is 0.909. The van der Waals surface area contributed by atoms with Gasteiger partial charge >= 0.3 is 0 Å². The Hall–Kier alpha value is -0.260. The van der Waals surface area contributed by atoms with Crippen molar-refractivity contribution in [3.8, 4) is 0 Å². The molecule has 0 aliphatic heterocycles. The molecule has 3 aliphatic carbocycles. The standard InChI is InChI=1S/C22H38/c1-6-14-21(4)16(7-2)9-11-18-19-12-10-17(8-3)22(19,5)15-13-20(18)21/h8,16,18-20H,6-7,9-15H2,1-5H3/b17-8+. The molecule has 3 saturated carbocycles. The van der Waals surface area contributed by atoms with Gasteiger partial charge in [0.25, 0.3) is 0 Å². The van der Waals surface area contributed by atoms with Gasteiger partial charge in [0.2, 0.25) is 0 Å². The van der Waals surface area contributed by atoms with E-state index in [1.165, 1.54) is 57.8 Å². The average Bonchev–Trinajstić information content (AvgIpc) is 2.84. The fourth-order valence-corrected chi connectivity index (χ4v) is 7.46. The van der Waals surface area contributed by atoms with Crippen molar-refractivity contribution in [1.29, 1.82) is 0 Å². The predicted molar refractivity (Wildman–Crippen MR) is 96.8 cm³/mol. The summed E-state index contributed by atoms with van der Waals surface area (Å²) in [5.74, 6) is 4.02. The summed E-state index contributed by atoms with van der Waals surface area (Å²) in [6.45, 7) is 12.4. The van der Waals surface area contributed by atoms with E-state index in [1.54, 1.807) is 5.57 Å². The van der Waals surface area contributed by atoms with E-state index in [4.69, 9.17) is 0 Å². The topological polar surface area (TPSA) is 0 Å². The molecule has 3 rings (SSSR count). The van der Waals surface area contributed by atoms with Crippen molar-refractivity contribution in [1.82, 2.24) is 0 Å². The van der Waals surface area contributed by atoms with Crippen LogP contribution in [0.4, 0.5) is 0 Å². The van der Waals surface area contributed by atoms with Crippen molar-refractivity contribution in [2.45, 2.75) is 92.4 Å². The molecule has 0 aromatic heterocycles. The van der Waals surface area contributed by atoms with E-state index in [0.29, 0.717) is 10.8 Å². The number of rotatable bonds is 3. The molecule has 0 aromatic rings. The summed E-state index contributed by atoms with van der Waals surface area (Å²) in [6, 6.07) is 0. The molecule has 0 N–H and O–H groups in total. The van der Waals surface area contributed by atoms with E-state index in [2.05, 4.69) is 40.7 Å². The lowest BCUT2D eigenvalue weighted by molar-refractivity contribution is -0.0853. The third-order valence-electron chi connectivity index (χ3n) is 8.54. The first-order chi connectivity index (χ1) is 10.5. The van der Waals surface area contributed by atoms with Crippen LogP contribution in [0.25, 0.3) is 0 Å². The Morgan fingerprint density at radius 3 is 2.45 bits per heavy atom. The summed E-state index contributed by atoms with van der Waals surface area (Å²) in [6.07, 6.45) is 15.6. The summed E-state index contributed by atoms with van der Waals surface area (Å²) in [5.41, 5.74) is 2.99. The number of allylic oxidation sites excluding steroid dienone is 2. The summed E-state index contributed by atoms with van der Waals surface area (Å²) < 4.78 is 0. The summed E-state index contributed by atoms with van der Waals surface area (Å²) in [5, 5.41) is 0. The molecule has 0 heteroatoms. The third-order valence-corrected chi connectivity index (χ3v) is 8.54. The van der Waals surface area contributed by atoms with Gasteiger partial charge in [-0.05, 0) is 86.4 Å². The Bertz CT molecular complexity index is 433. The minimum absolute atomic E-state index is 0.558. The van der Waals surface area contributed by atoms with Gasteiger partial charge in [0.05, 0.1) is 0 Å². The molecule has 3 fully saturated rings. The van der Waals surface area contributed by atoms with Crippen LogP contribution in [-0.4, -0.2) is 0 Å². The summed E-state index contributed by atoms with van der Waals surface area (Å²) >= 11 is 0. The smallest absolute Gasteiger partial charge is 0.00853 e. The van der Waals surface area contributed by atoms with Crippen LogP contribution in [0, 0.1) is 34.5 Å². The van der Waals surface area contributed by atoms with Gasteiger partial charge in [-0.2, -0.15) is 0 Å². The van der Waals surface area contributed by atoms with Crippen LogP contribution in [-0.2, 0) is 0 Å². The van der Waals surface area contributed by atoms with Gasteiger partial charge in [-0.1, -0.05) is 52.2 Å². The minimum atomic E-state index is 0.558. The van der Waals surface area contributed by atoms with Gasteiger partial charge in [0, 0.05) is 0 Å². The molecular weight excluding hydrogens is 264 g/mol. The molecule has 0 heterocycles. The van der Waals surface area contributed by atoms with E-state index in [9.17, 15) is 0 Å². The van der Waals surface area contributed by atoms with Crippen molar-refractivity contribution < 1.29 is 0 Å². The molecule has 0 amide bonds. The van der Waals surface area contributed by atoms with Crippen molar-refractivity contribution in [2.75, 3.05) is 0 Å². The zero-order valence-corrected chi connectivity index (χ0v) is 15.8. The second kappa shape index (κ2) is 5.99. The van der Waals surface area contributed by atoms with Crippen molar-refractivity contribution in [2.24, 2.45) is 34.5 Å². The highest BCUT2D eigenvalue weighted by atomic mass is 14.6. The summed E-state index contributed by atoms with van der Waals surface area (Å²) in [7, 11) is 0. The average molecular weight is 303 g/mol. The van der Waals surface area contributed by atoms with Crippen LogP contribution in [0.3, 0.4) is 0 Å². The Morgan fingerprint density at radius 2 is 1.82 bits per heavy atom. The highest BCUT2D eigenvalue weighted by molar-refractivity contribution is 5.23. The van der Waals surface area contributed by atoms with Crippen molar-refractivity contribution in [3.63, 3.8) is 0 Å². The Kier molecular flexibility index (Phi) is 4.52. The molecule has 3 aliphatic rings. The first-order valence-electron chi connectivity index (χ1n) is 10.2. The summed E-state index contributed by atoms with van der Waals surface area (Å²) in [4.78, 5) is 0. The van der Waals surface area contributed by atoms with E-state index in [-0.39, 0.29) is 0 Å².